The van der Waals surface area contributed by atoms with Crippen molar-refractivity contribution in [3.05, 3.63) is 77.6 Å². The number of urea groups is 1. The Bertz CT molecular complexity index is 1110. The number of hydrogen-bond donors (Lipinski definition) is 2. The van der Waals surface area contributed by atoms with Crippen molar-refractivity contribution in [2.45, 2.75) is 18.9 Å². The maximum Gasteiger partial charge on any atom is 0.319 e. The summed E-state index contributed by atoms with van der Waals surface area (Å²) in [5.74, 6) is -1.97. The van der Waals surface area contributed by atoms with Crippen LogP contribution in [0.1, 0.15) is 17.2 Å². The molecular weight excluding hydrogens is 428 g/mol. The number of ether oxygens (including phenoxy) is 1. The first-order chi connectivity index (χ1) is 15.9. The second kappa shape index (κ2) is 10.1. The number of halogens is 2. The van der Waals surface area contributed by atoms with Crippen molar-refractivity contribution in [2.75, 3.05) is 38.7 Å². The van der Waals surface area contributed by atoms with Crippen molar-refractivity contribution in [1.82, 2.24) is 20.0 Å². The number of aryl methyl sites for hydroxylation is 1. The zero-order valence-corrected chi connectivity index (χ0v) is 18.6. The van der Waals surface area contributed by atoms with E-state index in [1.165, 1.54) is 6.07 Å². The van der Waals surface area contributed by atoms with Crippen LogP contribution in [0.4, 0.5) is 19.3 Å². The summed E-state index contributed by atoms with van der Waals surface area (Å²) >= 11 is 0. The van der Waals surface area contributed by atoms with Gasteiger partial charge in [-0.2, -0.15) is 5.10 Å². The summed E-state index contributed by atoms with van der Waals surface area (Å²) in [6.45, 7) is 4.22. The molecule has 2 aromatic carbocycles. The Morgan fingerprint density at radius 2 is 1.94 bits per heavy atom. The minimum atomic E-state index is -0.894. The second-order valence-corrected chi connectivity index (χ2v) is 8.15. The summed E-state index contributed by atoms with van der Waals surface area (Å²) in [5.41, 5.74) is 2.80. The van der Waals surface area contributed by atoms with Crippen LogP contribution in [-0.4, -0.2) is 60.1 Å². The van der Waals surface area contributed by atoms with Crippen LogP contribution in [0, 0.1) is 18.6 Å². The molecule has 0 unspecified atom stereocenters. The molecule has 1 aliphatic rings. The molecule has 2 N–H and O–H groups in total. The molecule has 0 aliphatic carbocycles. The van der Waals surface area contributed by atoms with Crippen molar-refractivity contribution in [1.29, 1.82) is 0 Å². The van der Waals surface area contributed by atoms with Gasteiger partial charge in [-0.3, -0.25) is 4.90 Å². The highest BCUT2D eigenvalue weighted by Crippen LogP contribution is 2.29. The van der Waals surface area contributed by atoms with Gasteiger partial charge in [0.05, 0.1) is 35.9 Å². The van der Waals surface area contributed by atoms with E-state index in [4.69, 9.17) is 4.74 Å². The van der Waals surface area contributed by atoms with Gasteiger partial charge in [0, 0.05) is 32.7 Å². The molecule has 2 heterocycles. The highest BCUT2D eigenvalue weighted by atomic mass is 19.2. The van der Waals surface area contributed by atoms with Gasteiger partial charge in [-0.1, -0.05) is 24.3 Å². The lowest BCUT2D eigenvalue weighted by Crippen LogP contribution is -2.42. The van der Waals surface area contributed by atoms with Crippen LogP contribution < -0.4 is 10.6 Å². The molecule has 0 saturated carbocycles. The van der Waals surface area contributed by atoms with E-state index in [1.807, 2.05) is 37.3 Å². The monoisotopic (exact) mass is 455 g/mol. The highest BCUT2D eigenvalue weighted by Gasteiger charge is 2.35. The number of carbonyl (C=O) groups excluding carboxylic acids is 1. The highest BCUT2D eigenvalue weighted by molar-refractivity contribution is 5.90. The number of anilines is 1. The predicted molar refractivity (Wildman–Crippen MR) is 122 cm³/mol. The van der Waals surface area contributed by atoms with Gasteiger partial charge in [0.2, 0.25) is 0 Å². The van der Waals surface area contributed by atoms with Crippen LogP contribution in [0.15, 0.2) is 54.7 Å². The Morgan fingerprint density at radius 3 is 2.67 bits per heavy atom. The van der Waals surface area contributed by atoms with E-state index >= 15 is 0 Å². The lowest BCUT2D eigenvalue weighted by atomic mass is 9.94. The molecular formula is C24H27F2N5O2. The van der Waals surface area contributed by atoms with Gasteiger partial charge in [0.1, 0.15) is 0 Å². The largest absolute Gasteiger partial charge is 0.383 e. The third-order valence-electron chi connectivity index (χ3n) is 5.86. The Hall–Kier alpha value is -3.30. The molecule has 1 saturated heterocycles. The zero-order chi connectivity index (χ0) is 23.4. The van der Waals surface area contributed by atoms with E-state index in [0.717, 1.165) is 11.8 Å². The number of nitrogens with one attached hydrogen (secondary N) is 2. The molecule has 4 rings (SSSR count). The number of para-hydroxylation sites is 1. The van der Waals surface area contributed by atoms with Crippen LogP contribution in [0.2, 0.25) is 0 Å². The Balaban J connectivity index is 1.47. The van der Waals surface area contributed by atoms with Crippen molar-refractivity contribution >= 4 is 11.7 Å². The standard InChI is InChI=1S/C24H27F2N5O2/c1-16-22(15-31(29-16)18-6-4-3-5-7-18)27-24(32)28-23-14-30(10-11-33-2)13-19(23)17-8-9-20(25)21(26)12-17/h3-9,12,15,19,23H,10-11,13-14H2,1-2H3,(H2,27,28,32)/t19-,23+/m0/s1. The number of rotatable bonds is 7. The molecule has 3 aromatic rings. The molecule has 174 valence electrons. The molecule has 9 heteroatoms. The van der Waals surface area contributed by atoms with Gasteiger partial charge in [-0.25, -0.2) is 18.3 Å². The zero-order valence-electron chi connectivity index (χ0n) is 18.6. The average molecular weight is 456 g/mol. The third kappa shape index (κ3) is 5.37. The number of likely N-dealkylation sites (tertiary alicyclic amines) is 1. The Morgan fingerprint density at radius 1 is 1.15 bits per heavy atom. The number of aromatic nitrogens is 2. The number of methoxy groups -OCH3 is 1. The number of nitrogens with zero attached hydrogens (tertiary/aromatic N) is 3. The van der Waals surface area contributed by atoms with E-state index in [0.29, 0.717) is 43.2 Å². The molecule has 1 aliphatic heterocycles. The second-order valence-electron chi connectivity index (χ2n) is 8.15. The Labute approximate surface area is 191 Å². The maximum absolute atomic E-state index is 13.9. The van der Waals surface area contributed by atoms with Gasteiger partial charge >= 0.3 is 6.03 Å². The van der Waals surface area contributed by atoms with Crippen molar-refractivity contribution in [3.63, 3.8) is 0 Å². The number of amides is 2. The maximum atomic E-state index is 13.9. The number of hydrogen-bond acceptors (Lipinski definition) is 4. The van der Waals surface area contributed by atoms with Crippen LogP contribution >= 0.6 is 0 Å². The van der Waals surface area contributed by atoms with E-state index < -0.39 is 11.6 Å². The molecule has 0 spiro atoms. The van der Waals surface area contributed by atoms with Crippen LogP contribution in [0.3, 0.4) is 0 Å². The van der Waals surface area contributed by atoms with E-state index in [-0.39, 0.29) is 18.0 Å². The molecule has 1 aromatic heterocycles. The minimum absolute atomic E-state index is 0.184. The lowest BCUT2D eigenvalue weighted by Gasteiger charge is -2.20. The molecule has 2 amide bonds. The lowest BCUT2D eigenvalue weighted by molar-refractivity contribution is 0.159. The number of carbonyl (C=O) groups is 1. The number of benzene rings is 2. The summed E-state index contributed by atoms with van der Waals surface area (Å²) in [6.07, 6.45) is 1.76. The van der Waals surface area contributed by atoms with Gasteiger partial charge < -0.3 is 15.4 Å². The van der Waals surface area contributed by atoms with E-state index in [1.54, 1.807) is 24.1 Å². The molecule has 7 nitrogen and oxygen atoms in total. The summed E-state index contributed by atoms with van der Waals surface area (Å²) in [7, 11) is 1.63. The van der Waals surface area contributed by atoms with Crippen LogP contribution in [0.5, 0.6) is 0 Å². The normalized spacial score (nSPS) is 18.4. The topological polar surface area (TPSA) is 71.4 Å². The van der Waals surface area contributed by atoms with Gasteiger partial charge in [-0.05, 0) is 36.8 Å². The molecule has 0 bridgehead atoms. The Kier molecular flexibility index (Phi) is 7.00. The molecule has 1 fully saturated rings. The molecule has 2 atom stereocenters. The predicted octanol–water partition coefficient (Wildman–Crippen LogP) is 3.69. The average Bonchev–Trinajstić information content (AvgIpc) is 3.38. The third-order valence-corrected chi connectivity index (χ3v) is 5.86. The fourth-order valence-electron chi connectivity index (χ4n) is 4.14. The van der Waals surface area contributed by atoms with E-state index in [2.05, 4.69) is 20.6 Å². The van der Waals surface area contributed by atoms with Crippen molar-refractivity contribution in [2.24, 2.45) is 0 Å². The first-order valence-electron chi connectivity index (χ1n) is 10.8. The van der Waals surface area contributed by atoms with Crippen molar-refractivity contribution in [3.8, 4) is 5.69 Å². The van der Waals surface area contributed by atoms with Gasteiger partial charge in [0.25, 0.3) is 0 Å². The fourth-order valence-corrected chi connectivity index (χ4v) is 4.14. The fraction of sp³-hybridized carbons (Fsp3) is 0.333. The summed E-state index contributed by atoms with van der Waals surface area (Å²) < 4.78 is 34.2. The van der Waals surface area contributed by atoms with Crippen LogP contribution in [0.25, 0.3) is 5.69 Å². The summed E-state index contributed by atoms with van der Waals surface area (Å²) in [4.78, 5) is 15.0. The first kappa shape index (κ1) is 22.9. The first-order valence-corrected chi connectivity index (χ1v) is 10.8. The minimum Gasteiger partial charge on any atom is -0.383 e. The van der Waals surface area contributed by atoms with E-state index in [9.17, 15) is 13.6 Å². The van der Waals surface area contributed by atoms with Crippen molar-refractivity contribution < 1.29 is 18.3 Å². The van der Waals surface area contributed by atoms with Gasteiger partial charge in [-0.15, -0.1) is 0 Å². The summed E-state index contributed by atoms with van der Waals surface area (Å²) in [6, 6.07) is 12.9. The smallest absolute Gasteiger partial charge is 0.319 e. The van der Waals surface area contributed by atoms with Crippen LogP contribution in [-0.2, 0) is 4.74 Å². The molecule has 0 radical (unpaired) electrons. The molecule has 33 heavy (non-hydrogen) atoms. The van der Waals surface area contributed by atoms with Gasteiger partial charge in [0.15, 0.2) is 11.6 Å². The summed E-state index contributed by atoms with van der Waals surface area (Å²) in [5, 5.41) is 10.3. The SMILES string of the molecule is COCCN1C[C@@H](NC(=O)Nc2cn(-c3ccccc3)nc2C)[C@H](c2ccc(F)c(F)c2)C1. The quantitative estimate of drug-likeness (QED) is 0.570.